The molecule has 2 N–H and O–H groups in total. The molecule has 0 aliphatic heterocycles. The summed E-state index contributed by atoms with van der Waals surface area (Å²) in [6.07, 6.45) is 1.22. The molecule has 86 valence electrons. The minimum absolute atomic E-state index is 0.776. The van der Waals surface area contributed by atoms with E-state index in [2.05, 4.69) is 30.6 Å². The lowest BCUT2D eigenvalue weighted by Crippen LogP contribution is -2.37. The number of hydrogen-bond acceptors (Lipinski definition) is 3. The van der Waals surface area contributed by atoms with Crippen LogP contribution >= 0.6 is 0 Å². The molecule has 3 heteroatoms. The summed E-state index contributed by atoms with van der Waals surface area (Å²) in [5.41, 5.74) is 5.58. The maximum Gasteiger partial charge on any atom is 0.0110 e. The molecule has 0 aliphatic rings. The van der Waals surface area contributed by atoms with E-state index >= 15 is 0 Å². The Morgan fingerprint density at radius 3 is 1.79 bits per heavy atom. The van der Waals surface area contributed by atoms with Crippen molar-refractivity contribution < 1.29 is 0 Å². The minimum atomic E-state index is 0.776. The fourth-order valence-electron chi connectivity index (χ4n) is 1.66. The van der Waals surface area contributed by atoms with E-state index in [1.165, 1.54) is 19.5 Å². The van der Waals surface area contributed by atoms with Gasteiger partial charge in [-0.05, 0) is 26.1 Å². The van der Waals surface area contributed by atoms with Crippen molar-refractivity contribution in [2.24, 2.45) is 5.73 Å². The monoisotopic (exact) mass is 201 g/mol. The van der Waals surface area contributed by atoms with Crippen LogP contribution in [0.3, 0.4) is 0 Å². The Bertz CT molecular complexity index is 107. The molecule has 0 amide bonds. The van der Waals surface area contributed by atoms with Crippen LogP contribution in [0.25, 0.3) is 0 Å². The van der Waals surface area contributed by atoms with Gasteiger partial charge in [0, 0.05) is 26.2 Å². The standard InChI is InChI=1S/C11H27N3/c1-4-8-14(9-7-12)11-10-13(5-2)6-3/h4-12H2,1-3H3. The Morgan fingerprint density at radius 2 is 1.36 bits per heavy atom. The van der Waals surface area contributed by atoms with Crippen LogP contribution in [0.5, 0.6) is 0 Å². The van der Waals surface area contributed by atoms with Gasteiger partial charge in [0.1, 0.15) is 0 Å². The van der Waals surface area contributed by atoms with Gasteiger partial charge in [0.15, 0.2) is 0 Å². The van der Waals surface area contributed by atoms with E-state index in [9.17, 15) is 0 Å². The molecule has 0 fully saturated rings. The molecular formula is C11H27N3. The molecule has 3 nitrogen and oxygen atoms in total. The first-order valence-electron chi connectivity index (χ1n) is 5.93. The van der Waals surface area contributed by atoms with E-state index < -0.39 is 0 Å². The van der Waals surface area contributed by atoms with Crippen LogP contribution in [0.2, 0.25) is 0 Å². The third-order valence-electron chi connectivity index (χ3n) is 2.61. The fourth-order valence-corrected chi connectivity index (χ4v) is 1.66. The second kappa shape index (κ2) is 9.44. The number of rotatable bonds is 9. The zero-order chi connectivity index (χ0) is 10.8. The van der Waals surface area contributed by atoms with Gasteiger partial charge in [-0.2, -0.15) is 0 Å². The second-order valence-corrected chi connectivity index (χ2v) is 3.66. The van der Waals surface area contributed by atoms with Crippen molar-refractivity contribution in [3.8, 4) is 0 Å². The van der Waals surface area contributed by atoms with Crippen molar-refractivity contribution in [3.63, 3.8) is 0 Å². The van der Waals surface area contributed by atoms with Gasteiger partial charge >= 0.3 is 0 Å². The molecule has 0 aromatic rings. The van der Waals surface area contributed by atoms with Crippen LogP contribution in [0.15, 0.2) is 0 Å². The molecular weight excluding hydrogens is 174 g/mol. The molecule has 0 radical (unpaired) electrons. The molecule has 0 aliphatic carbocycles. The first-order chi connectivity index (χ1) is 6.78. The van der Waals surface area contributed by atoms with Crippen molar-refractivity contribution >= 4 is 0 Å². The fraction of sp³-hybridized carbons (Fsp3) is 1.00. The molecule has 14 heavy (non-hydrogen) atoms. The molecule has 0 saturated carbocycles. The van der Waals surface area contributed by atoms with E-state index in [-0.39, 0.29) is 0 Å². The topological polar surface area (TPSA) is 32.5 Å². The molecule has 0 heterocycles. The third-order valence-corrected chi connectivity index (χ3v) is 2.61. The van der Waals surface area contributed by atoms with Crippen LogP contribution in [-0.4, -0.2) is 55.6 Å². The number of likely N-dealkylation sites (N-methyl/N-ethyl adjacent to an activating group) is 1. The first kappa shape index (κ1) is 13.9. The van der Waals surface area contributed by atoms with Crippen LogP contribution < -0.4 is 5.73 Å². The average Bonchev–Trinajstić information content (AvgIpc) is 2.20. The SMILES string of the molecule is CCCN(CCN)CCN(CC)CC. The summed E-state index contributed by atoms with van der Waals surface area (Å²) in [6.45, 7) is 14.3. The van der Waals surface area contributed by atoms with Crippen LogP contribution in [0, 0.1) is 0 Å². The Balaban J connectivity index is 3.67. The van der Waals surface area contributed by atoms with Crippen molar-refractivity contribution in [3.05, 3.63) is 0 Å². The summed E-state index contributed by atoms with van der Waals surface area (Å²) in [5.74, 6) is 0. The number of nitrogens with zero attached hydrogens (tertiary/aromatic N) is 2. The molecule has 0 unspecified atom stereocenters. The van der Waals surface area contributed by atoms with E-state index in [0.717, 1.165) is 32.7 Å². The lowest BCUT2D eigenvalue weighted by molar-refractivity contribution is 0.217. The largest absolute Gasteiger partial charge is 0.329 e. The normalized spacial score (nSPS) is 11.6. The summed E-state index contributed by atoms with van der Waals surface area (Å²) < 4.78 is 0. The summed E-state index contributed by atoms with van der Waals surface area (Å²) in [4.78, 5) is 4.91. The Kier molecular flexibility index (Phi) is 9.35. The Morgan fingerprint density at radius 1 is 0.786 bits per heavy atom. The predicted molar refractivity (Wildman–Crippen MR) is 63.6 cm³/mol. The molecule has 0 spiro atoms. The highest BCUT2D eigenvalue weighted by atomic mass is 15.2. The second-order valence-electron chi connectivity index (χ2n) is 3.66. The molecule has 0 aromatic carbocycles. The highest BCUT2D eigenvalue weighted by Gasteiger charge is 2.04. The van der Waals surface area contributed by atoms with Crippen molar-refractivity contribution in [1.82, 2.24) is 9.80 Å². The lowest BCUT2D eigenvalue weighted by atomic mass is 10.3. The smallest absolute Gasteiger partial charge is 0.0110 e. The highest BCUT2D eigenvalue weighted by molar-refractivity contribution is 4.61. The van der Waals surface area contributed by atoms with Gasteiger partial charge in [0.2, 0.25) is 0 Å². The Labute approximate surface area is 89.2 Å². The van der Waals surface area contributed by atoms with E-state index in [1.54, 1.807) is 0 Å². The summed E-state index contributed by atoms with van der Waals surface area (Å²) >= 11 is 0. The number of nitrogens with two attached hydrogens (primary N) is 1. The maximum atomic E-state index is 5.58. The summed E-state index contributed by atoms with van der Waals surface area (Å²) in [6, 6.07) is 0. The molecule has 0 saturated heterocycles. The predicted octanol–water partition coefficient (Wildman–Crippen LogP) is 0.999. The first-order valence-corrected chi connectivity index (χ1v) is 5.93. The van der Waals surface area contributed by atoms with Gasteiger partial charge in [-0.1, -0.05) is 20.8 Å². The van der Waals surface area contributed by atoms with Crippen LogP contribution in [0.1, 0.15) is 27.2 Å². The summed E-state index contributed by atoms with van der Waals surface area (Å²) in [5, 5.41) is 0. The minimum Gasteiger partial charge on any atom is -0.329 e. The van der Waals surface area contributed by atoms with E-state index in [4.69, 9.17) is 5.73 Å². The van der Waals surface area contributed by atoms with Crippen molar-refractivity contribution in [1.29, 1.82) is 0 Å². The van der Waals surface area contributed by atoms with Crippen molar-refractivity contribution in [2.75, 3.05) is 45.8 Å². The van der Waals surface area contributed by atoms with Crippen molar-refractivity contribution in [2.45, 2.75) is 27.2 Å². The van der Waals surface area contributed by atoms with Gasteiger partial charge in [0.25, 0.3) is 0 Å². The third kappa shape index (κ3) is 6.35. The van der Waals surface area contributed by atoms with Gasteiger partial charge < -0.3 is 15.5 Å². The van der Waals surface area contributed by atoms with Crippen LogP contribution in [-0.2, 0) is 0 Å². The van der Waals surface area contributed by atoms with Gasteiger partial charge in [-0.25, -0.2) is 0 Å². The maximum absolute atomic E-state index is 5.58. The molecule has 0 rings (SSSR count). The zero-order valence-electron chi connectivity index (χ0n) is 10.1. The molecule has 0 atom stereocenters. The lowest BCUT2D eigenvalue weighted by Gasteiger charge is -2.25. The quantitative estimate of drug-likeness (QED) is 0.604. The van der Waals surface area contributed by atoms with E-state index in [1.807, 2.05) is 0 Å². The van der Waals surface area contributed by atoms with Gasteiger partial charge in [-0.15, -0.1) is 0 Å². The average molecular weight is 201 g/mol. The van der Waals surface area contributed by atoms with Gasteiger partial charge in [0.05, 0.1) is 0 Å². The summed E-state index contributed by atoms with van der Waals surface area (Å²) in [7, 11) is 0. The zero-order valence-corrected chi connectivity index (χ0v) is 10.1. The number of hydrogen-bond donors (Lipinski definition) is 1. The molecule has 0 aromatic heterocycles. The highest BCUT2D eigenvalue weighted by Crippen LogP contribution is 1.93. The van der Waals surface area contributed by atoms with E-state index in [0.29, 0.717) is 0 Å². The van der Waals surface area contributed by atoms with Gasteiger partial charge in [-0.3, -0.25) is 0 Å². The van der Waals surface area contributed by atoms with Crippen LogP contribution in [0.4, 0.5) is 0 Å². The molecule has 0 bridgehead atoms. The Hall–Kier alpha value is -0.120.